The normalized spacial score (nSPS) is 20.3. The lowest BCUT2D eigenvalue weighted by atomic mass is 9.54. The molecule has 2 fully saturated rings. The van der Waals surface area contributed by atoms with Crippen molar-refractivity contribution >= 4 is 6.03 Å². The van der Waals surface area contributed by atoms with Gasteiger partial charge in [0.2, 0.25) is 0 Å². The maximum atomic E-state index is 12.5. The maximum Gasteiger partial charge on any atom is 0.425 e. The van der Waals surface area contributed by atoms with Gasteiger partial charge in [0.05, 0.1) is 12.2 Å². The summed E-state index contributed by atoms with van der Waals surface area (Å²) in [5.41, 5.74) is 0.852. The Balaban J connectivity index is 1.43. The van der Waals surface area contributed by atoms with Crippen LogP contribution >= 0.6 is 0 Å². The van der Waals surface area contributed by atoms with Gasteiger partial charge in [-0.3, -0.25) is 0 Å². The van der Waals surface area contributed by atoms with Gasteiger partial charge in [-0.1, -0.05) is 6.42 Å². The Bertz CT molecular complexity index is 626. The molecule has 0 saturated heterocycles. The van der Waals surface area contributed by atoms with Gasteiger partial charge in [-0.25, -0.2) is 9.78 Å². The molecule has 0 aromatic carbocycles. The van der Waals surface area contributed by atoms with E-state index in [2.05, 4.69) is 25.3 Å². The lowest BCUT2D eigenvalue weighted by Crippen LogP contribution is -2.55. The highest BCUT2D eigenvalue weighted by atomic mass is 19.4. The van der Waals surface area contributed by atoms with Crippen LogP contribution in [0.2, 0.25) is 0 Å². The number of aromatic nitrogens is 2. The molecule has 1 atom stereocenters. The fourth-order valence-corrected chi connectivity index (χ4v) is 3.34. The summed E-state index contributed by atoms with van der Waals surface area (Å²) in [5, 5.41) is 5.56. The van der Waals surface area contributed by atoms with Crippen LogP contribution in [-0.2, 0) is 6.54 Å². The number of alkyl halides is 3. The molecule has 2 aliphatic carbocycles. The third-order valence-corrected chi connectivity index (χ3v) is 4.97. The third-order valence-electron chi connectivity index (χ3n) is 4.97. The van der Waals surface area contributed by atoms with E-state index < -0.39 is 12.3 Å². The molecule has 1 spiro atoms. The molecule has 2 saturated carbocycles. The van der Waals surface area contributed by atoms with Crippen molar-refractivity contribution in [2.45, 2.75) is 63.9 Å². The highest BCUT2D eigenvalue weighted by Gasteiger charge is 2.48. The van der Waals surface area contributed by atoms with Crippen molar-refractivity contribution in [3.05, 3.63) is 18.0 Å². The van der Waals surface area contributed by atoms with Crippen molar-refractivity contribution in [1.29, 1.82) is 0 Å². The topological polar surface area (TPSA) is 76.1 Å². The first kappa shape index (κ1) is 17.8. The minimum atomic E-state index is -4.49. The van der Waals surface area contributed by atoms with Gasteiger partial charge in [0.25, 0.3) is 0 Å². The predicted molar refractivity (Wildman–Crippen MR) is 82.9 cm³/mol. The molecule has 1 aromatic rings. The Morgan fingerprint density at radius 3 is 2.76 bits per heavy atom. The Morgan fingerprint density at radius 1 is 1.44 bits per heavy atom. The number of carbonyl (C=O) groups is 1. The smallest absolute Gasteiger partial charge is 0.425 e. The second-order valence-electron chi connectivity index (χ2n) is 6.92. The average molecular weight is 358 g/mol. The number of nitrogens with zero attached hydrogens (tertiary/aromatic N) is 2. The first-order valence-electron chi connectivity index (χ1n) is 8.35. The third kappa shape index (κ3) is 4.32. The summed E-state index contributed by atoms with van der Waals surface area (Å²) in [6.07, 6.45) is 0.660. The van der Waals surface area contributed by atoms with Crippen LogP contribution < -0.4 is 15.4 Å². The minimum absolute atomic E-state index is 0.0863. The lowest BCUT2D eigenvalue weighted by molar-refractivity contribution is -0.190. The van der Waals surface area contributed by atoms with Crippen molar-refractivity contribution in [3.8, 4) is 6.01 Å². The monoisotopic (exact) mass is 358 g/mol. The van der Waals surface area contributed by atoms with Crippen LogP contribution in [0.15, 0.2) is 12.3 Å². The van der Waals surface area contributed by atoms with Gasteiger partial charge < -0.3 is 15.4 Å². The van der Waals surface area contributed by atoms with E-state index in [0.717, 1.165) is 19.8 Å². The summed E-state index contributed by atoms with van der Waals surface area (Å²) in [6, 6.07) is 1.05. The summed E-state index contributed by atoms with van der Waals surface area (Å²) < 4.78 is 42.1. The van der Waals surface area contributed by atoms with E-state index in [0.29, 0.717) is 11.1 Å². The van der Waals surface area contributed by atoms with Crippen molar-refractivity contribution in [1.82, 2.24) is 20.6 Å². The van der Waals surface area contributed by atoms with Crippen LogP contribution in [-0.4, -0.2) is 34.3 Å². The molecular weight excluding hydrogens is 337 g/mol. The van der Waals surface area contributed by atoms with Crippen LogP contribution in [0.25, 0.3) is 0 Å². The van der Waals surface area contributed by atoms with E-state index >= 15 is 0 Å². The molecule has 138 valence electrons. The molecule has 1 aromatic heterocycles. The number of rotatable bonds is 5. The predicted octanol–water partition coefficient (Wildman–Crippen LogP) is 2.94. The van der Waals surface area contributed by atoms with Gasteiger partial charge in [-0.05, 0) is 44.1 Å². The molecule has 25 heavy (non-hydrogen) atoms. The largest absolute Gasteiger partial charge is 0.451 e. The first-order chi connectivity index (χ1) is 11.8. The summed E-state index contributed by atoms with van der Waals surface area (Å²) in [7, 11) is 0. The zero-order valence-electron chi connectivity index (χ0n) is 13.9. The Labute approximate surface area is 143 Å². The number of nitrogens with one attached hydrogen (secondary N) is 2. The Morgan fingerprint density at radius 2 is 2.16 bits per heavy atom. The quantitative estimate of drug-likeness (QED) is 0.849. The van der Waals surface area contributed by atoms with E-state index in [1.165, 1.54) is 31.5 Å². The van der Waals surface area contributed by atoms with Crippen molar-refractivity contribution < 1.29 is 22.7 Å². The van der Waals surface area contributed by atoms with Gasteiger partial charge >= 0.3 is 18.2 Å². The fraction of sp³-hybridized carbons (Fsp3) is 0.688. The lowest BCUT2D eigenvalue weighted by Gasteiger charge is -2.54. The SMILES string of the molecule is CC(Oc1nccc(CNC(=O)NC2CC3(CCC3)C2)n1)C(F)(F)F. The van der Waals surface area contributed by atoms with Gasteiger partial charge in [0.1, 0.15) is 0 Å². The molecule has 0 bridgehead atoms. The van der Waals surface area contributed by atoms with Crippen LogP contribution in [0.4, 0.5) is 18.0 Å². The zero-order valence-corrected chi connectivity index (χ0v) is 13.9. The number of urea groups is 1. The molecular formula is C16H21F3N4O2. The molecule has 1 unspecified atom stereocenters. The van der Waals surface area contributed by atoms with E-state index in [9.17, 15) is 18.0 Å². The standard InChI is InChI=1S/C16H21F3N4O2/c1-10(16(17,18)19)25-14-20-6-3-11(23-14)9-21-13(24)22-12-7-15(8-12)4-2-5-15/h3,6,10,12H,2,4-5,7-9H2,1H3,(H2,21,22,24). The number of halogens is 3. The maximum absolute atomic E-state index is 12.5. The molecule has 0 radical (unpaired) electrons. The van der Waals surface area contributed by atoms with Crippen LogP contribution in [0.5, 0.6) is 6.01 Å². The molecule has 3 rings (SSSR count). The summed E-state index contributed by atoms with van der Waals surface area (Å²) in [5.74, 6) is 0. The van der Waals surface area contributed by atoms with Gasteiger partial charge in [-0.15, -0.1) is 0 Å². The second-order valence-corrected chi connectivity index (χ2v) is 6.92. The van der Waals surface area contributed by atoms with Gasteiger partial charge in [0.15, 0.2) is 6.10 Å². The molecule has 2 amide bonds. The summed E-state index contributed by atoms with van der Waals surface area (Å²) >= 11 is 0. The van der Waals surface area contributed by atoms with Gasteiger partial charge in [-0.2, -0.15) is 18.2 Å². The van der Waals surface area contributed by atoms with E-state index in [-0.39, 0.29) is 24.6 Å². The number of hydrogen-bond donors (Lipinski definition) is 2. The van der Waals surface area contributed by atoms with E-state index in [1.54, 1.807) is 0 Å². The number of ether oxygens (including phenoxy) is 1. The average Bonchev–Trinajstić information content (AvgIpc) is 2.46. The molecule has 2 N–H and O–H groups in total. The summed E-state index contributed by atoms with van der Waals surface area (Å²) in [4.78, 5) is 19.4. The Hall–Kier alpha value is -2.06. The molecule has 1 heterocycles. The number of hydrogen-bond acceptors (Lipinski definition) is 4. The first-order valence-corrected chi connectivity index (χ1v) is 8.35. The van der Waals surface area contributed by atoms with Crippen molar-refractivity contribution in [2.75, 3.05) is 0 Å². The molecule has 9 heteroatoms. The number of amides is 2. The van der Waals surface area contributed by atoms with Crippen molar-refractivity contribution in [3.63, 3.8) is 0 Å². The second kappa shape index (κ2) is 6.68. The highest BCUT2D eigenvalue weighted by molar-refractivity contribution is 5.74. The molecule has 2 aliphatic rings. The fourth-order valence-electron chi connectivity index (χ4n) is 3.34. The Kier molecular flexibility index (Phi) is 4.75. The summed E-state index contributed by atoms with van der Waals surface area (Å²) in [6.45, 7) is 0.970. The van der Waals surface area contributed by atoms with Crippen LogP contribution in [0.3, 0.4) is 0 Å². The van der Waals surface area contributed by atoms with Crippen LogP contribution in [0.1, 0.15) is 44.7 Å². The minimum Gasteiger partial charge on any atom is -0.451 e. The zero-order chi connectivity index (χ0) is 18.1. The van der Waals surface area contributed by atoms with E-state index in [1.807, 2.05) is 0 Å². The highest BCUT2D eigenvalue weighted by Crippen LogP contribution is 2.55. The number of carbonyl (C=O) groups excluding carboxylic acids is 1. The van der Waals surface area contributed by atoms with Crippen LogP contribution in [0, 0.1) is 5.41 Å². The van der Waals surface area contributed by atoms with E-state index in [4.69, 9.17) is 0 Å². The molecule has 6 nitrogen and oxygen atoms in total. The van der Waals surface area contributed by atoms with Crippen molar-refractivity contribution in [2.24, 2.45) is 5.41 Å². The molecule has 0 aliphatic heterocycles. The van der Waals surface area contributed by atoms with Gasteiger partial charge in [0, 0.05) is 12.2 Å².